The molecule has 1 amide bonds. The Morgan fingerprint density at radius 3 is 2.58 bits per heavy atom. The number of carbonyl (C=O) groups is 1. The van der Waals surface area contributed by atoms with Gasteiger partial charge in [-0.05, 0) is 47.3 Å². The van der Waals surface area contributed by atoms with Crippen LogP contribution in [0.15, 0.2) is 9.85 Å². The molecule has 1 heterocycles. The number of nitrogens with two attached hydrogens (primary N) is 1. The molecule has 0 saturated heterocycles. The fourth-order valence-electron chi connectivity index (χ4n) is 2.44. The number of halogens is 1. The number of rotatable bonds is 3. The number of hydrogen-bond donors (Lipinski definition) is 2. The summed E-state index contributed by atoms with van der Waals surface area (Å²) in [6.07, 6.45) is 5.00. The van der Waals surface area contributed by atoms with Gasteiger partial charge < -0.3 is 11.1 Å². The fraction of sp³-hybridized carbons (Fsp3) is 0.538. The first kappa shape index (κ1) is 14.9. The lowest BCUT2D eigenvalue weighted by Gasteiger charge is -2.37. The molecule has 1 aliphatic rings. The molecule has 19 heavy (non-hydrogen) atoms. The average Bonchev–Trinajstić information content (AvgIpc) is 2.71. The van der Waals surface area contributed by atoms with Crippen molar-refractivity contribution in [3.63, 3.8) is 0 Å². The first-order valence-corrected chi connectivity index (χ1v) is 8.35. The Labute approximate surface area is 131 Å². The molecular weight excluding hydrogens is 344 g/mol. The zero-order valence-electron chi connectivity index (χ0n) is 10.8. The number of aryl methyl sites for hydroxylation is 1. The molecule has 0 bridgehead atoms. The summed E-state index contributed by atoms with van der Waals surface area (Å²) in [6.45, 7) is 1.97. The lowest BCUT2D eigenvalue weighted by Crippen LogP contribution is -2.57. The summed E-state index contributed by atoms with van der Waals surface area (Å²) in [5.74, 6) is -0.0755. The van der Waals surface area contributed by atoms with Crippen LogP contribution < -0.4 is 11.1 Å². The minimum atomic E-state index is -0.491. The third kappa shape index (κ3) is 3.17. The molecule has 1 aromatic rings. The highest BCUT2D eigenvalue weighted by atomic mass is 79.9. The van der Waals surface area contributed by atoms with Gasteiger partial charge in [0.05, 0.1) is 19.2 Å². The Morgan fingerprint density at radius 2 is 2.11 bits per heavy atom. The molecule has 104 valence electrons. The molecular formula is C13H17BrN2OS2. The number of thiophene rings is 1. The molecule has 3 N–H and O–H groups in total. The molecule has 0 unspecified atom stereocenters. The maximum atomic E-state index is 12.4. The Bertz CT molecular complexity index is 487. The van der Waals surface area contributed by atoms with Crippen LogP contribution in [0.1, 0.15) is 47.3 Å². The largest absolute Gasteiger partial charge is 0.391 e. The van der Waals surface area contributed by atoms with Crippen molar-refractivity contribution in [2.45, 2.75) is 44.6 Å². The van der Waals surface area contributed by atoms with Crippen molar-refractivity contribution >= 4 is 50.4 Å². The third-order valence-electron chi connectivity index (χ3n) is 3.61. The third-order valence-corrected chi connectivity index (χ3v) is 6.14. The van der Waals surface area contributed by atoms with Crippen LogP contribution in [0.3, 0.4) is 0 Å². The zero-order chi connectivity index (χ0) is 14.0. The smallest absolute Gasteiger partial charge is 0.262 e. The van der Waals surface area contributed by atoms with E-state index in [0.29, 0.717) is 9.87 Å². The van der Waals surface area contributed by atoms with Crippen LogP contribution in [0, 0.1) is 6.92 Å². The Balaban J connectivity index is 2.17. The van der Waals surface area contributed by atoms with Crippen molar-refractivity contribution in [3.8, 4) is 0 Å². The van der Waals surface area contributed by atoms with E-state index in [2.05, 4.69) is 21.2 Å². The maximum Gasteiger partial charge on any atom is 0.262 e. The normalized spacial score (nSPS) is 18.0. The van der Waals surface area contributed by atoms with Gasteiger partial charge in [-0.1, -0.05) is 31.5 Å². The minimum absolute atomic E-state index is 0.0755. The first-order valence-electron chi connectivity index (χ1n) is 6.33. The molecule has 0 aliphatic heterocycles. The van der Waals surface area contributed by atoms with Gasteiger partial charge in [0.25, 0.3) is 5.91 Å². The summed E-state index contributed by atoms with van der Waals surface area (Å²) >= 11 is 10.1. The lowest BCUT2D eigenvalue weighted by atomic mass is 9.81. The quantitative estimate of drug-likeness (QED) is 0.810. The van der Waals surface area contributed by atoms with Gasteiger partial charge in [-0.2, -0.15) is 0 Å². The number of hydrogen-bond acceptors (Lipinski definition) is 3. The monoisotopic (exact) mass is 360 g/mol. The predicted molar refractivity (Wildman–Crippen MR) is 86.8 cm³/mol. The summed E-state index contributed by atoms with van der Waals surface area (Å²) in [7, 11) is 0. The van der Waals surface area contributed by atoms with Gasteiger partial charge in [0.15, 0.2) is 0 Å². The average molecular weight is 361 g/mol. The highest BCUT2D eigenvalue weighted by Gasteiger charge is 2.36. The van der Waals surface area contributed by atoms with E-state index in [0.717, 1.165) is 35.0 Å². The van der Waals surface area contributed by atoms with E-state index in [9.17, 15) is 4.79 Å². The first-order chi connectivity index (χ1) is 8.94. The second-order valence-electron chi connectivity index (χ2n) is 5.03. The van der Waals surface area contributed by atoms with Crippen LogP contribution in [0.2, 0.25) is 0 Å². The van der Waals surface area contributed by atoms with Crippen LogP contribution in [0.4, 0.5) is 0 Å². The maximum absolute atomic E-state index is 12.4. The molecule has 2 rings (SSSR count). The Hall–Kier alpha value is -0.460. The summed E-state index contributed by atoms with van der Waals surface area (Å²) in [5.41, 5.74) is 6.46. The van der Waals surface area contributed by atoms with E-state index in [1.54, 1.807) is 0 Å². The SMILES string of the molecule is Cc1cc(C(=O)NC2(C(N)=S)CCCCC2)sc1Br. The van der Waals surface area contributed by atoms with Crippen LogP contribution in [-0.2, 0) is 0 Å². The van der Waals surface area contributed by atoms with Crippen molar-refractivity contribution in [2.24, 2.45) is 5.73 Å². The standard InChI is InChI=1S/C13H17BrN2OS2/c1-8-7-9(19-10(8)14)11(17)16-13(12(15)18)5-3-2-4-6-13/h7H,2-6H2,1H3,(H2,15,18)(H,16,17). The molecule has 1 aromatic heterocycles. The fourth-order valence-corrected chi connectivity index (χ4v) is 4.12. The van der Waals surface area contributed by atoms with E-state index in [1.165, 1.54) is 17.8 Å². The van der Waals surface area contributed by atoms with Gasteiger partial charge >= 0.3 is 0 Å². The van der Waals surface area contributed by atoms with Crippen LogP contribution in [0.25, 0.3) is 0 Å². The van der Waals surface area contributed by atoms with Gasteiger partial charge in [-0.25, -0.2) is 0 Å². The predicted octanol–water partition coefficient (Wildman–Crippen LogP) is 3.54. The van der Waals surface area contributed by atoms with Gasteiger partial charge in [0.2, 0.25) is 0 Å². The van der Waals surface area contributed by atoms with Gasteiger partial charge in [-0.15, -0.1) is 11.3 Å². The lowest BCUT2D eigenvalue weighted by molar-refractivity contribution is 0.0912. The summed E-state index contributed by atoms with van der Waals surface area (Å²) in [6, 6.07) is 1.89. The van der Waals surface area contributed by atoms with Gasteiger partial charge in [0, 0.05) is 0 Å². The highest BCUT2D eigenvalue weighted by molar-refractivity contribution is 9.11. The number of amides is 1. The summed E-state index contributed by atoms with van der Waals surface area (Å²) in [5, 5.41) is 3.07. The molecule has 6 heteroatoms. The molecule has 1 aliphatic carbocycles. The topological polar surface area (TPSA) is 55.1 Å². The minimum Gasteiger partial charge on any atom is -0.391 e. The van der Waals surface area contributed by atoms with E-state index in [4.69, 9.17) is 18.0 Å². The zero-order valence-corrected chi connectivity index (χ0v) is 14.0. The van der Waals surface area contributed by atoms with Crippen LogP contribution >= 0.6 is 39.5 Å². The molecule has 0 spiro atoms. The van der Waals surface area contributed by atoms with E-state index < -0.39 is 5.54 Å². The molecule has 0 aromatic carbocycles. The molecule has 1 fully saturated rings. The molecule has 3 nitrogen and oxygen atoms in total. The van der Waals surface area contributed by atoms with Crippen molar-refractivity contribution in [1.82, 2.24) is 5.32 Å². The molecule has 1 saturated carbocycles. The second kappa shape index (κ2) is 5.89. The van der Waals surface area contributed by atoms with Gasteiger partial charge in [0.1, 0.15) is 0 Å². The second-order valence-corrected chi connectivity index (χ2v) is 7.84. The van der Waals surface area contributed by atoms with E-state index >= 15 is 0 Å². The van der Waals surface area contributed by atoms with Crippen molar-refractivity contribution in [1.29, 1.82) is 0 Å². The van der Waals surface area contributed by atoms with Crippen LogP contribution in [0.5, 0.6) is 0 Å². The van der Waals surface area contributed by atoms with Crippen LogP contribution in [-0.4, -0.2) is 16.4 Å². The van der Waals surface area contributed by atoms with E-state index in [-0.39, 0.29) is 5.91 Å². The summed E-state index contributed by atoms with van der Waals surface area (Å²) in [4.78, 5) is 13.5. The van der Waals surface area contributed by atoms with E-state index in [1.807, 2.05) is 13.0 Å². The van der Waals surface area contributed by atoms with Gasteiger partial charge in [-0.3, -0.25) is 4.79 Å². The highest BCUT2D eigenvalue weighted by Crippen LogP contribution is 2.31. The van der Waals surface area contributed by atoms with Crippen molar-refractivity contribution < 1.29 is 4.79 Å². The molecule has 0 atom stereocenters. The Morgan fingerprint density at radius 1 is 1.47 bits per heavy atom. The van der Waals surface area contributed by atoms with Crippen molar-refractivity contribution in [2.75, 3.05) is 0 Å². The number of nitrogens with one attached hydrogen (secondary N) is 1. The number of thiocarbonyl (C=S) groups is 1. The Kier molecular flexibility index (Phi) is 4.63. The summed E-state index contributed by atoms with van der Waals surface area (Å²) < 4.78 is 0.991. The van der Waals surface area contributed by atoms with Crippen molar-refractivity contribution in [3.05, 3.63) is 20.3 Å². The molecule has 0 radical (unpaired) electrons. The number of carbonyl (C=O) groups excluding carboxylic acids is 1.